The molecule has 1 aromatic heterocycles. The Morgan fingerprint density at radius 3 is 1.52 bits per heavy atom. The van der Waals surface area contributed by atoms with Gasteiger partial charge in [-0.1, -0.05) is 171 Å². The van der Waals surface area contributed by atoms with E-state index in [0.717, 1.165) is 12.8 Å². The second-order valence-corrected chi connectivity index (χ2v) is 31.9. The van der Waals surface area contributed by atoms with Crippen molar-refractivity contribution in [2.75, 3.05) is 9.80 Å². The van der Waals surface area contributed by atoms with Gasteiger partial charge in [0.2, 0.25) is 0 Å². The molecule has 0 atom stereocenters. The standard InChI is InChI=1S/C75H81BN2S/c1-68(2,3)48-36-62-65-63(37-48)78(60-42-55-52(69(4,5)26-29-72(55,10)11)38-49(60)44-20-17-16-18-21-44)66-51-40-56-57(75(15)32-30-74(56,14)31-33-75)43-64(51)79-67(66)76(65)58-25-24-47-35-61(58)77(62)59-41-54-53(70(6,7)27-28-71(54,8)9)39-50(59)45-22-19-23-46(34-45)73(47,12)13/h16-25,34-43H,26-33H2,1-15H3. The van der Waals surface area contributed by atoms with E-state index in [1.165, 1.54) is 160 Å². The molecule has 0 N–H and O–H groups in total. The van der Waals surface area contributed by atoms with Crippen molar-refractivity contribution in [2.45, 2.75) is 199 Å². The Balaban J connectivity index is 1.13. The fraction of sp³-hybridized carbons (Fsp3) is 0.413. The van der Waals surface area contributed by atoms with Crippen molar-refractivity contribution < 1.29 is 0 Å². The molecule has 16 rings (SSSR count). The first-order valence-electron chi connectivity index (χ1n) is 30.3. The second kappa shape index (κ2) is 15.8. The number of nitrogens with zero attached hydrogens (tertiary/aromatic N) is 2. The first kappa shape index (κ1) is 50.2. The number of thiophene rings is 1. The molecule has 8 aliphatic rings. The zero-order valence-electron chi connectivity index (χ0n) is 50.1. The summed E-state index contributed by atoms with van der Waals surface area (Å²) in [5.41, 5.74) is 29.5. The molecule has 4 heteroatoms. The highest BCUT2D eigenvalue weighted by atomic mass is 32.1. The molecule has 6 bridgehead atoms. The van der Waals surface area contributed by atoms with Crippen molar-refractivity contribution in [3.05, 3.63) is 171 Å². The molecule has 0 spiro atoms. The molecule has 2 nitrogen and oxygen atoms in total. The number of rotatable bonds is 2. The van der Waals surface area contributed by atoms with Crippen LogP contribution in [0.15, 0.2) is 121 Å². The molecule has 0 unspecified atom stereocenters. The van der Waals surface area contributed by atoms with Crippen LogP contribution in [0.1, 0.15) is 205 Å². The quantitative estimate of drug-likeness (QED) is 0.159. The molecule has 0 saturated heterocycles. The number of benzene rings is 7. The molecule has 1 fully saturated rings. The Hall–Kier alpha value is -5.84. The third-order valence-corrected chi connectivity index (χ3v) is 23.8. The van der Waals surface area contributed by atoms with Crippen molar-refractivity contribution in [3.63, 3.8) is 0 Å². The van der Waals surface area contributed by atoms with E-state index in [0.29, 0.717) is 0 Å². The van der Waals surface area contributed by atoms with Crippen LogP contribution in [0.5, 0.6) is 0 Å². The summed E-state index contributed by atoms with van der Waals surface area (Å²) in [6.07, 6.45) is 9.76. The summed E-state index contributed by atoms with van der Waals surface area (Å²) in [6.45, 7) is 37.5. The summed E-state index contributed by atoms with van der Waals surface area (Å²) in [7, 11) is 0. The van der Waals surface area contributed by atoms with Gasteiger partial charge < -0.3 is 9.80 Å². The second-order valence-electron chi connectivity index (χ2n) is 30.8. The van der Waals surface area contributed by atoms with Crippen LogP contribution in [0.4, 0.5) is 34.1 Å². The average Bonchev–Trinajstić information content (AvgIpc) is 3.39. The zero-order chi connectivity index (χ0) is 55.1. The van der Waals surface area contributed by atoms with Gasteiger partial charge in [0, 0.05) is 48.5 Å². The van der Waals surface area contributed by atoms with E-state index >= 15 is 0 Å². The summed E-state index contributed by atoms with van der Waals surface area (Å²) >= 11 is 2.11. The van der Waals surface area contributed by atoms with Gasteiger partial charge in [0.1, 0.15) is 0 Å². The van der Waals surface area contributed by atoms with E-state index < -0.39 is 0 Å². The Morgan fingerprint density at radius 2 is 0.937 bits per heavy atom. The smallest absolute Gasteiger partial charge is 0.264 e. The maximum absolute atomic E-state index is 2.86. The van der Waals surface area contributed by atoms with Crippen LogP contribution in [-0.4, -0.2) is 6.71 Å². The number of hydrogen-bond acceptors (Lipinski definition) is 3. The Morgan fingerprint density at radius 1 is 0.430 bits per heavy atom. The summed E-state index contributed by atoms with van der Waals surface area (Å²) in [4.78, 5) is 5.67. The van der Waals surface area contributed by atoms with Gasteiger partial charge in [-0.05, 0) is 216 Å². The average molecular weight is 1050 g/mol. The van der Waals surface area contributed by atoms with Gasteiger partial charge in [-0.15, -0.1) is 11.3 Å². The molecule has 79 heavy (non-hydrogen) atoms. The van der Waals surface area contributed by atoms with Gasteiger partial charge in [-0.2, -0.15) is 0 Å². The molecule has 0 amide bonds. The Labute approximate surface area is 477 Å². The third-order valence-electron chi connectivity index (χ3n) is 22.5. The van der Waals surface area contributed by atoms with E-state index in [2.05, 4.69) is 246 Å². The van der Waals surface area contributed by atoms with E-state index in [1.807, 2.05) is 0 Å². The molecule has 8 aromatic rings. The van der Waals surface area contributed by atoms with Crippen LogP contribution in [0.2, 0.25) is 0 Å². The fourth-order valence-electron chi connectivity index (χ4n) is 16.6. The zero-order valence-corrected chi connectivity index (χ0v) is 50.9. The van der Waals surface area contributed by atoms with Crippen LogP contribution in [0, 0.1) is 0 Å². The Kier molecular flexibility index (Phi) is 10.0. The lowest BCUT2D eigenvalue weighted by Crippen LogP contribution is -2.60. The minimum atomic E-state index is -0.234. The highest BCUT2D eigenvalue weighted by Gasteiger charge is 2.52. The van der Waals surface area contributed by atoms with Crippen molar-refractivity contribution in [1.82, 2.24) is 0 Å². The minimum Gasteiger partial charge on any atom is -0.311 e. The number of fused-ring (bicyclic) bond motifs is 16. The minimum absolute atomic E-state index is 0.0103. The number of hydrogen-bond donors (Lipinski definition) is 0. The molecule has 7 aromatic carbocycles. The highest BCUT2D eigenvalue weighted by Crippen LogP contribution is 2.61. The van der Waals surface area contributed by atoms with Crippen LogP contribution >= 0.6 is 11.3 Å². The Bertz CT molecular complexity index is 3970. The van der Waals surface area contributed by atoms with Gasteiger partial charge in [0.15, 0.2) is 0 Å². The maximum Gasteiger partial charge on any atom is 0.264 e. The lowest BCUT2D eigenvalue weighted by atomic mass is 9.36. The van der Waals surface area contributed by atoms with Crippen molar-refractivity contribution in [3.8, 4) is 22.3 Å². The van der Waals surface area contributed by atoms with Crippen molar-refractivity contribution in [1.29, 1.82) is 0 Å². The third kappa shape index (κ3) is 6.88. The van der Waals surface area contributed by atoms with Crippen molar-refractivity contribution >= 4 is 78.0 Å². The lowest BCUT2D eigenvalue weighted by Gasteiger charge is -2.52. The SMILES string of the molecule is CC(C)(C)c1cc2c3c(c1)N(c1cc4c(cc1-c1ccccc1)C(C)(C)CCC4(C)C)c1c(sc4cc5c(cc14)C1(C)CCC5(C)CC1)B3c1ccc3cc1N2c1cc2c(cc1-c1cccc(c1)C3(C)C)C(C)(C)CCC2(C)C. The predicted octanol–water partition coefficient (Wildman–Crippen LogP) is 19.1. The van der Waals surface area contributed by atoms with E-state index in [-0.39, 0.29) is 50.0 Å². The summed E-state index contributed by atoms with van der Waals surface area (Å²) in [5.74, 6) is 0. The predicted molar refractivity (Wildman–Crippen MR) is 341 cm³/mol. The largest absolute Gasteiger partial charge is 0.311 e. The molecule has 4 heterocycles. The first-order valence-corrected chi connectivity index (χ1v) is 31.1. The van der Waals surface area contributed by atoms with Crippen LogP contribution in [-0.2, 0) is 43.3 Å². The first-order chi connectivity index (χ1) is 37.2. The van der Waals surface area contributed by atoms with Gasteiger partial charge >= 0.3 is 0 Å². The highest BCUT2D eigenvalue weighted by molar-refractivity contribution is 7.33. The molecular weight excluding hydrogens is 972 g/mol. The number of anilines is 6. The van der Waals surface area contributed by atoms with E-state index in [4.69, 9.17) is 0 Å². The fourth-order valence-corrected chi connectivity index (χ4v) is 18.0. The van der Waals surface area contributed by atoms with Gasteiger partial charge in [0.25, 0.3) is 6.71 Å². The molecule has 3 aliphatic heterocycles. The molecular formula is C75H81BN2S. The summed E-state index contributed by atoms with van der Waals surface area (Å²) in [6, 6.07) is 50.3. The normalized spacial score (nSPS) is 23.5. The topological polar surface area (TPSA) is 6.48 Å². The molecule has 5 aliphatic carbocycles. The van der Waals surface area contributed by atoms with Crippen LogP contribution in [0.3, 0.4) is 0 Å². The lowest BCUT2D eigenvalue weighted by molar-refractivity contribution is 0.188. The van der Waals surface area contributed by atoms with E-state index in [1.54, 1.807) is 11.1 Å². The summed E-state index contributed by atoms with van der Waals surface area (Å²) < 4.78 is 2.92. The van der Waals surface area contributed by atoms with E-state index in [9.17, 15) is 0 Å². The molecule has 0 radical (unpaired) electrons. The van der Waals surface area contributed by atoms with Crippen molar-refractivity contribution in [2.24, 2.45) is 0 Å². The van der Waals surface area contributed by atoms with Crippen LogP contribution < -0.4 is 25.5 Å². The molecule has 400 valence electrons. The monoisotopic (exact) mass is 1050 g/mol. The van der Waals surface area contributed by atoms with Crippen LogP contribution in [0.25, 0.3) is 32.3 Å². The van der Waals surface area contributed by atoms with Gasteiger partial charge in [-0.3, -0.25) is 0 Å². The maximum atomic E-state index is 2.86. The van der Waals surface area contributed by atoms with Gasteiger partial charge in [0.05, 0.1) is 17.1 Å². The summed E-state index contributed by atoms with van der Waals surface area (Å²) in [5, 5.41) is 1.43. The van der Waals surface area contributed by atoms with Gasteiger partial charge in [-0.25, -0.2) is 0 Å². The molecule has 1 saturated carbocycles.